The highest BCUT2D eigenvalue weighted by atomic mass is 35.5. The molecule has 1 amide bonds. The lowest BCUT2D eigenvalue weighted by atomic mass is 10.2. The van der Waals surface area contributed by atoms with Crippen LogP contribution >= 0.6 is 22.9 Å². The first kappa shape index (κ1) is 16.6. The average molecular weight is 381 g/mol. The number of rotatable bonds is 4. The van der Waals surface area contributed by atoms with Crippen molar-refractivity contribution in [3.05, 3.63) is 77.7 Å². The maximum Gasteiger partial charge on any atom is 0.248 e. The fourth-order valence-electron chi connectivity index (χ4n) is 2.48. The van der Waals surface area contributed by atoms with E-state index in [4.69, 9.17) is 16.0 Å². The van der Waals surface area contributed by atoms with E-state index in [9.17, 15) is 4.79 Å². The number of carbonyl (C=O) groups excluding carboxylic acids is 1. The fraction of sp³-hybridized carbons (Fsp3) is 0. The molecule has 2 heterocycles. The van der Waals surface area contributed by atoms with Crippen LogP contribution in [0.1, 0.15) is 5.76 Å². The molecule has 2 aromatic carbocycles. The summed E-state index contributed by atoms with van der Waals surface area (Å²) in [5, 5.41) is 4.17. The number of nitrogens with zero attached hydrogens (tertiary/aromatic N) is 1. The summed E-state index contributed by atoms with van der Waals surface area (Å²) in [6, 6.07) is 16.9. The number of para-hydroxylation sites is 1. The number of carbonyl (C=O) groups is 1. The summed E-state index contributed by atoms with van der Waals surface area (Å²) in [5.41, 5.74) is 2.41. The van der Waals surface area contributed by atoms with Gasteiger partial charge >= 0.3 is 0 Å². The summed E-state index contributed by atoms with van der Waals surface area (Å²) >= 11 is 8.00. The number of thiazole rings is 1. The van der Waals surface area contributed by atoms with Crippen molar-refractivity contribution in [1.82, 2.24) is 4.98 Å². The van der Waals surface area contributed by atoms with Crippen LogP contribution in [0, 0.1) is 0 Å². The number of hydrogen-bond acceptors (Lipinski definition) is 4. The van der Waals surface area contributed by atoms with E-state index in [0.717, 1.165) is 20.8 Å². The highest BCUT2D eigenvalue weighted by molar-refractivity contribution is 7.21. The van der Waals surface area contributed by atoms with E-state index >= 15 is 0 Å². The van der Waals surface area contributed by atoms with Gasteiger partial charge in [0.15, 0.2) is 0 Å². The third-order valence-electron chi connectivity index (χ3n) is 3.70. The van der Waals surface area contributed by atoms with Crippen molar-refractivity contribution in [3.63, 3.8) is 0 Å². The molecule has 0 saturated carbocycles. The molecule has 0 bridgehead atoms. The second-order valence-electron chi connectivity index (χ2n) is 5.52. The van der Waals surface area contributed by atoms with E-state index in [0.29, 0.717) is 16.5 Å². The zero-order chi connectivity index (χ0) is 17.9. The molecule has 0 fully saturated rings. The summed E-state index contributed by atoms with van der Waals surface area (Å²) < 4.78 is 6.26. The molecule has 0 saturated heterocycles. The smallest absolute Gasteiger partial charge is 0.248 e. The molecule has 0 spiro atoms. The third-order valence-corrected chi connectivity index (χ3v) is 5.09. The van der Waals surface area contributed by atoms with Crippen molar-refractivity contribution in [3.8, 4) is 10.6 Å². The SMILES string of the molecule is O=C(/C=C/c1ccco1)Nc1ccc(-c2nc3ccccc3s2)c(Cl)c1. The largest absolute Gasteiger partial charge is 0.465 e. The minimum atomic E-state index is -0.259. The standard InChI is InChI=1S/C20H13ClN2O2S/c21-16-12-13(22-19(24)10-8-14-4-3-11-25-14)7-9-15(16)20-23-17-5-1-2-6-18(17)26-20/h1-12H,(H,22,24)/b10-8+. The molecule has 0 atom stereocenters. The maximum absolute atomic E-state index is 12.0. The lowest BCUT2D eigenvalue weighted by molar-refractivity contribution is -0.111. The Morgan fingerprint density at radius 2 is 2.04 bits per heavy atom. The average Bonchev–Trinajstić information content (AvgIpc) is 3.29. The van der Waals surface area contributed by atoms with Crippen molar-refractivity contribution in [1.29, 1.82) is 0 Å². The number of hydrogen-bond donors (Lipinski definition) is 1. The van der Waals surface area contributed by atoms with Crippen LogP contribution in [0.5, 0.6) is 0 Å². The Morgan fingerprint density at radius 1 is 1.15 bits per heavy atom. The summed E-state index contributed by atoms with van der Waals surface area (Å²) in [4.78, 5) is 16.6. The monoisotopic (exact) mass is 380 g/mol. The van der Waals surface area contributed by atoms with Gasteiger partial charge in [0.25, 0.3) is 0 Å². The number of anilines is 1. The normalized spacial score (nSPS) is 11.3. The van der Waals surface area contributed by atoms with Gasteiger partial charge in [-0.15, -0.1) is 11.3 Å². The molecule has 1 N–H and O–H groups in total. The van der Waals surface area contributed by atoms with Crippen LogP contribution in [-0.4, -0.2) is 10.9 Å². The molecule has 0 aliphatic heterocycles. The minimum Gasteiger partial charge on any atom is -0.465 e. The number of furan rings is 1. The minimum absolute atomic E-state index is 0.259. The van der Waals surface area contributed by atoms with E-state index in [-0.39, 0.29) is 5.91 Å². The van der Waals surface area contributed by atoms with Gasteiger partial charge < -0.3 is 9.73 Å². The predicted octanol–water partition coefficient (Wildman–Crippen LogP) is 5.86. The predicted molar refractivity (Wildman–Crippen MR) is 106 cm³/mol. The third kappa shape index (κ3) is 3.54. The first-order valence-corrected chi connectivity index (χ1v) is 9.06. The van der Waals surface area contributed by atoms with Gasteiger partial charge in [0, 0.05) is 17.3 Å². The Bertz CT molecular complexity index is 1070. The molecule has 0 radical (unpaired) electrons. The van der Waals surface area contributed by atoms with Crippen LogP contribution in [-0.2, 0) is 4.79 Å². The van der Waals surface area contributed by atoms with Crippen molar-refractivity contribution < 1.29 is 9.21 Å². The van der Waals surface area contributed by atoms with E-state index in [1.54, 1.807) is 41.9 Å². The number of benzene rings is 2. The molecule has 0 aliphatic carbocycles. The van der Waals surface area contributed by atoms with Crippen molar-refractivity contribution in [2.45, 2.75) is 0 Å². The number of amides is 1. The lowest BCUT2D eigenvalue weighted by Gasteiger charge is -2.05. The second kappa shape index (κ2) is 7.15. The molecule has 4 nitrogen and oxygen atoms in total. The van der Waals surface area contributed by atoms with Gasteiger partial charge in [-0.1, -0.05) is 23.7 Å². The molecule has 0 unspecified atom stereocenters. The molecular formula is C20H13ClN2O2S. The lowest BCUT2D eigenvalue weighted by Crippen LogP contribution is -2.07. The summed E-state index contributed by atoms with van der Waals surface area (Å²) in [5.74, 6) is 0.356. The highest BCUT2D eigenvalue weighted by Crippen LogP contribution is 2.35. The van der Waals surface area contributed by atoms with Crippen LogP contribution in [0.15, 0.2) is 71.4 Å². The molecule has 4 rings (SSSR count). The molecule has 0 aliphatic rings. The molecule has 4 aromatic rings. The Balaban J connectivity index is 1.53. The second-order valence-corrected chi connectivity index (χ2v) is 6.96. The zero-order valence-corrected chi connectivity index (χ0v) is 15.1. The van der Waals surface area contributed by atoms with Crippen molar-refractivity contribution in [2.75, 3.05) is 5.32 Å². The Kier molecular flexibility index (Phi) is 4.56. The summed E-state index contributed by atoms with van der Waals surface area (Å²) in [6.07, 6.45) is 4.57. The summed E-state index contributed by atoms with van der Waals surface area (Å²) in [6.45, 7) is 0. The van der Waals surface area contributed by atoms with E-state index < -0.39 is 0 Å². The summed E-state index contributed by atoms with van der Waals surface area (Å²) in [7, 11) is 0. The van der Waals surface area contributed by atoms with Crippen LogP contribution in [0.2, 0.25) is 5.02 Å². The topological polar surface area (TPSA) is 55.1 Å². The van der Waals surface area contributed by atoms with Gasteiger partial charge in [-0.25, -0.2) is 4.98 Å². The Morgan fingerprint density at radius 3 is 2.81 bits per heavy atom. The maximum atomic E-state index is 12.0. The van der Waals surface area contributed by atoms with E-state index in [1.807, 2.05) is 36.4 Å². The zero-order valence-electron chi connectivity index (χ0n) is 13.5. The Hall–Kier alpha value is -2.89. The van der Waals surface area contributed by atoms with Crippen LogP contribution in [0.3, 0.4) is 0 Å². The van der Waals surface area contributed by atoms with Gasteiger partial charge in [-0.05, 0) is 48.5 Å². The number of aromatic nitrogens is 1. The van der Waals surface area contributed by atoms with Crippen LogP contribution in [0.25, 0.3) is 26.9 Å². The molecule has 128 valence electrons. The van der Waals surface area contributed by atoms with Crippen LogP contribution in [0.4, 0.5) is 5.69 Å². The Labute approximate surface area is 158 Å². The molecule has 26 heavy (non-hydrogen) atoms. The first-order valence-electron chi connectivity index (χ1n) is 7.87. The number of nitrogens with one attached hydrogen (secondary N) is 1. The molecular weight excluding hydrogens is 368 g/mol. The van der Waals surface area contributed by atoms with E-state index in [2.05, 4.69) is 10.3 Å². The highest BCUT2D eigenvalue weighted by Gasteiger charge is 2.11. The van der Waals surface area contributed by atoms with Gasteiger partial charge in [-0.2, -0.15) is 0 Å². The van der Waals surface area contributed by atoms with Crippen molar-refractivity contribution in [2.24, 2.45) is 0 Å². The van der Waals surface area contributed by atoms with E-state index in [1.165, 1.54) is 6.08 Å². The first-order chi connectivity index (χ1) is 12.7. The van der Waals surface area contributed by atoms with Gasteiger partial charge in [0.2, 0.25) is 5.91 Å². The molecule has 6 heteroatoms. The van der Waals surface area contributed by atoms with Gasteiger partial charge in [0.1, 0.15) is 10.8 Å². The fourth-order valence-corrected chi connectivity index (χ4v) is 3.81. The number of halogens is 1. The molecule has 2 aromatic heterocycles. The van der Waals surface area contributed by atoms with Gasteiger partial charge in [-0.3, -0.25) is 4.79 Å². The number of fused-ring (bicyclic) bond motifs is 1. The van der Waals surface area contributed by atoms with Crippen LogP contribution < -0.4 is 5.32 Å². The van der Waals surface area contributed by atoms with Crippen molar-refractivity contribution >= 4 is 50.8 Å². The van der Waals surface area contributed by atoms with Gasteiger partial charge in [0.05, 0.1) is 21.5 Å². The quantitative estimate of drug-likeness (QED) is 0.451.